The lowest BCUT2D eigenvalue weighted by atomic mass is 10.1. The van der Waals surface area contributed by atoms with E-state index in [0.717, 1.165) is 5.56 Å². The van der Waals surface area contributed by atoms with Gasteiger partial charge in [-0.15, -0.1) is 0 Å². The first kappa shape index (κ1) is 13.4. The van der Waals surface area contributed by atoms with Gasteiger partial charge in [0.2, 0.25) is 0 Å². The second kappa shape index (κ2) is 4.91. The van der Waals surface area contributed by atoms with Crippen LogP contribution in [0.4, 0.5) is 4.79 Å². The Kier molecular flexibility index (Phi) is 3.46. The van der Waals surface area contributed by atoms with Gasteiger partial charge in [0, 0.05) is 0 Å². The van der Waals surface area contributed by atoms with Crippen LogP contribution in [0, 0.1) is 0 Å². The zero-order valence-corrected chi connectivity index (χ0v) is 11.3. The van der Waals surface area contributed by atoms with Crippen molar-refractivity contribution in [2.75, 3.05) is 6.73 Å². The molecule has 1 heterocycles. The minimum Gasteiger partial charge on any atom is -0.444 e. The maximum absolute atomic E-state index is 12.1. The monoisotopic (exact) mass is 263 g/mol. The van der Waals surface area contributed by atoms with Gasteiger partial charge in [0.25, 0.3) is 0 Å². The van der Waals surface area contributed by atoms with Crippen molar-refractivity contribution in [3.63, 3.8) is 0 Å². The standard InChI is InChI=1S/C14H17NO4/c1-14(2,3)19-13(17)15-9-18-12(16)11(15)10-7-5-4-6-8-10/h4-8,11H,9H2,1-3H3. The van der Waals surface area contributed by atoms with Crippen molar-refractivity contribution < 1.29 is 19.1 Å². The van der Waals surface area contributed by atoms with Crippen LogP contribution in [0.15, 0.2) is 30.3 Å². The van der Waals surface area contributed by atoms with Gasteiger partial charge in [0.1, 0.15) is 5.60 Å². The number of esters is 1. The molecule has 0 aromatic heterocycles. The summed E-state index contributed by atoms with van der Waals surface area (Å²) in [7, 11) is 0. The van der Waals surface area contributed by atoms with E-state index >= 15 is 0 Å². The Labute approximate surface area is 112 Å². The predicted octanol–water partition coefficient (Wildman–Crippen LogP) is 2.48. The van der Waals surface area contributed by atoms with Gasteiger partial charge in [-0.1, -0.05) is 30.3 Å². The molecule has 0 spiro atoms. The third-order valence-electron chi connectivity index (χ3n) is 2.62. The molecule has 19 heavy (non-hydrogen) atoms. The number of carbonyl (C=O) groups is 2. The molecule has 0 saturated carbocycles. The third-order valence-corrected chi connectivity index (χ3v) is 2.62. The maximum Gasteiger partial charge on any atom is 0.414 e. The fourth-order valence-electron chi connectivity index (χ4n) is 1.84. The zero-order valence-electron chi connectivity index (χ0n) is 11.3. The average Bonchev–Trinajstić information content (AvgIpc) is 2.70. The summed E-state index contributed by atoms with van der Waals surface area (Å²) >= 11 is 0. The van der Waals surface area contributed by atoms with Gasteiger partial charge in [-0.3, -0.25) is 4.90 Å². The first-order chi connectivity index (χ1) is 8.88. The molecule has 0 radical (unpaired) electrons. The average molecular weight is 263 g/mol. The molecule has 5 nitrogen and oxygen atoms in total. The Morgan fingerprint density at radius 3 is 2.53 bits per heavy atom. The van der Waals surface area contributed by atoms with Crippen LogP contribution in [0.1, 0.15) is 32.4 Å². The highest BCUT2D eigenvalue weighted by atomic mass is 16.6. The Bertz CT molecular complexity index is 478. The summed E-state index contributed by atoms with van der Waals surface area (Å²) in [6, 6.07) is 8.32. The molecule has 1 fully saturated rings. The maximum atomic E-state index is 12.1. The molecule has 1 aromatic carbocycles. The van der Waals surface area contributed by atoms with Crippen molar-refractivity contribution in [1.82, 2.24) is 4.90 Å². The summed E-state index contributed by atoms with van der Waals surface area (Å²) in [6.45, 7) is 5.26. The van der Waals surface area contributed by atoms with E-state index in [-0.39, 0.29) is 6.73 Å². The molecular weight excluding hydrogens is 246 g/mol. The van der Waals surface area contributed by atoms with Crippen molar-refractivity contribution in [1.29, 1.82) is 0 Å². The minimum atomic E-state index is -0.726. The third kappa shape index (κ3) is 3.05. The molecule has 2 rings (SSSR count). The van der Waals surface area contributed by atoms with Gasteiger partial charge in [-0.2, -0.15) is 0 Å². The fourth-order valence-corrected chi connectivity index (χ4v) is 1.84. The van der Waals surface area contributed by atoms with Crippen molar-refractivity contribution >= 4 is 12.1 Å². The highest BCUT2D eigenvalue weighted by molar-refractivity contribution is 5.85. The number of nitrogens with zero attached hydrogens (tertiary/aromatic N) is 1. The van der Waals surface area contributed by atoms with E-state index in [1.807, 2.05) is 18.2 Å². The van der Waals surface area contributed by atoms with Crippen LogP contribution in [0.2, 0.25) is 0 Å². The summed E-state index contributed by atoms with van der Waals surface area (Å²) in [4.78, 5) is 25.1. The fraction of sp³-hybridized carbons (Fsp3) is 0.429. The van der Waals surface area contributed by atoms with E-state index in [1.54, 1.807) is 32.9 Å². The smallest absolute Gasteiger partial charge is 0.414 e. The lowest BCUT2D eigenvalue weighted by molar-refractivity contribution is -0.139. The van der Waals surface area contributed by atoms with E-state index in [4.69, 9.17) is 9.47 Å². The number of carbonyl (C=O) groups excluding carboxylic acids is 2. The molecule has 1 aliphatic heterocycles. The Morgan fingerprint density at radius 2 is 1.95 bits per heavy atom. The lowest BCUT2D eigenvalue weighted by Gasteiger charge is -2.25. The molecule has 0 aliphatic carbocycles. The topological polar surface area (TPSA) is 55.8 Å². The van der Waals surface area contributed by atoms with Crippen LogP contribution in [0.3, 0.4) is 0 Å². The number of cyclic esters (lactones) is 1. The predicted molar refractivity (Wildman–Crippen MR) is 68.2 cm³/mol. The van der Waals surface area contributed by atoms with Crippen molar-refractivity contribution in [3.05, 3.63) is 35.9 Å². The molecule has 0 bridgehead atoms. The van der Waals surface area contributed by atoms with Gasteiger partial charge in [-0.05, 0) is 26.3 Å². The van der Waals surface area contributed by atoms with Crippen LogP contribution in [-0.4, -0.2) is 29.3 Å². The molecule has 0 N–H and O–H groups in total. The van der Waals surface area contributed by atoms with Crippen LogP contribution >= 0.6 is 0 Å². The van der Waals surface area contributed by atoms with Crippen LogP contribution in [0.25, 0.3) is 0 Å². The second-order valence-corrected chi connectivity index (χ2v) is 5.36. The number of rotatable bonds is 1. The highest BCUT2D eigenvalue weighted by Gasteiger charge is 2.40. The molecule has 1 amide bonds. The van der Waals surface area contributed by atoms with Crippen LogP contribution in [0.5, 0.6) is 0 Å². The minimum absolute atomic E-state index is 0.0761. The van der Waals surface area contributed by atoms with E-state index in [9.17, 15) is 9.59 Å². The molecule has 1 aromatic rings. The number of ether oxygens (including phenoxy) is 2. The molecule has 1 aliphatic rings. The number of hydrogen-bond acceptors (Lipinski definition) is 4. The van der Waals surface area contributed by atoms with E-state index in [0.29, 0.717) is 0 Å². The van der Waals surface area contributed by atoms with Gasteiger partial charge in [0.15, 0.2) is 12.8 Å². The molecule has 1 unspecified atom stereocenters. The first-order valence-corrected chi connectivity index (χ1v) is 6.10. The van der Waals surface area contributed by atoms with Crippen molar-refractivity contribution in [2.45, 2.75) is 32.4 Å². The highest BCUT2D eigenvalue weighted by Crippen LogP contribution is 2.28. The summed E-state index contributed by atoms with van der Waals surface area (Å²) in [6.07, 6.45) is -0.549. The Morgan fingerprint density at radius 1 is 1.32 bits per heavy atom. The molecule has 5 heteroatoms. The zero-order chi connectivity index (χ0) is 14.0. The quantitative estimate of drug-likeness (QED) is 0.730. The van der Waals surface area contributed by atoms with E-state index < -0.39 is 23.7 Å². The van der Waals surface area contributed by atoms with Crippen LogP contribution < -0.4 is 0 Å². The number of benzene rings is 1. The molecule has 1 atom stereocenters. The second-order valence-electron chi connectivity index (χ2n) is 5.36. The SMILES string of the molecule is CC(C)(C)OC(=O)N1COC(=O)C1c1ccccc1. The van der Waals surface area contributed by atoms with Gasteiger partial charge < -0.3 is 9.47 Å². The molecular formula is C14H17NO4. The van der Waals surface area contributed by atoms with Gasteiger partial charge in [0.05, 0.1) is 0 Å². The molecule has 102 valence electrons. The van der Waals surface area contributed by atoms with Gasteiger partial charge in [-0.25, -0.2) is 9.59 Å². The van der Waals surface area contributed by atoms with Crippen molar-refractivity contribution in [2.24, 2.45) is 0 Å². The summed E-state index contributed by atoms with van der Waals surface area (Å²) in [5.74, 6) is -0.433. The van der Waals surface area contributed by atoms with E-state index in [1.165, 1.54) is 4.90 Å². The van der Waals surface area contributed by atoms with Gasteiger partial charge >= 0.3 is 12.1 Å². The lowest BCUT2D eigenvalue weighted by Crippen LogP contribution is -2.37. The molecule has 1 saturated heterocycles. The summed E-state index contributed by atoms with van der Waals surface area (Å²) in [5, 5.41) is 0. The summed E-state index contributed by atoms with van der Waals surface area (Å²) < 4.78 is 10.2. The Hall–Kier alpha value is -2.04. The summed E-state index contributed by atoms with van der Waals surface area (Å²) in [5.41, 5.74) is 0.111. The number of hydrogen-bond donors (Lipinski definition) is 0. The number of amides is 1. The van der Waals surface area contributed by atoms with Crippen molar-refractivity contribution in [3.8, 4) is 0 Å². The Balaban J connectivity index is 2.21. The largest absolute Gasteiger partial charge is 0.444 e. The first-order valence-electron chi connectivity index (χ1n) is 6.10. The van der Waals surface area contributed by atoms with E-state index in [2.05, 4.69) is 0 Å². The van der Waals surface area contributed by atoms with Crippen LogP contribution in [-0.2, 0) is 14.3 Å². The normalized spacial score (nSPS) is 19.2.